The van der Waals surface area contributed by atoms with Crippen LogP contribution < -0.4 is 10.2 Å². The summed E-state index contributed by atoms with van der Waals surface area (Å²) in [4.78, 5) is 20.4. The second-order valence-electron chi connectivity index (χ2n) is 7.03. The predicted molar refractivity (Wildman–Crippen MR) is 112 cm³/mol. The van der Waals surface area contributed by atoms with E-state index in [2.05, 4.69) is 36.2 Å². The molecule has 5 rings (SSSR count). The number of thiazole rings is 1. The Morgan fingerprint density at radius 3 is 3.00 bits per heavy atom. The molecule has 1 aliphatic heterocycles. The van der Waals surface area contributed by atoms with Gasteiger partial charge in [-0.2, -0.15) is 5.26 Å². The molecule has 0 unspecified atom stereocenters. The summed E-state index contributed by atoms with van der Waals surface area (Å²) in [5, 5.41) is 13.4. The highest BCUT2D eigenvalue weighted by Crippen LogP contribution is 2.26. The third-order valence-electron chi connectivity index (χ3n) is 5.00. The van der Waals surface area contributed by atoms with Gasteiger partial charge in [-0.05, 0) is 31.0 Å². The lowest BCUT2D eigenvalue weighted by Gasteiger charge is -2.33. The number of hydrogen-bond acceptors (Lipinski definition) is 8. The third kappa shape index (κ3) is 3.55. The molecule has 150 valence electrons. The zero-order valence-corrected chi connectivity index (χ0v) is 16.7. The fraction of sp³-hybridized carbons (Fsp3) is 0.250. The third-order valence-corrected chi connectivity index (χ3v) is 5.96. The Hall–Kier alpha value is -3.58. The average molecular weight is 420 g/mol. The van der Waals surface area contributed by atoms with Crippen molar-refractivity contribution in [2.45, 2.75) is 18.9 Å². The topological polar surface area (TPSA) is 95.0 Å². The highest BCUT2D eigenvalue weighted by molar-refractivity contribution is 7.16. The Morgan fingerprint density at radius 1 is 1.20 bits per heavy atom. The molecule has 30 heavy (non-hydrogen) atoms. The lowest BCUT2D eigenvalue weighted by molar-refractivity contribution is 0.528. The molecule has 10 heteroatoms. The number of fused-ring (bicyclic) bond motifs is 1. The molecule has 5 heterocycles. The van der Waals surface area contributed by atoms with Crippen LogP contribution in [0.5, 0.6) is 0 Å². The highest BCUT2D eigenvalue weighted by Gasteiger charge is 2.22. The number of halogens is 1. The van der Waals surface area contributed by atoms with E-state index in [9.17, 15) is 4.39 Å². The molecule has 8 nitrogen and oxygen atoms in total. The summed E-state index contributed by atoms with van der Waals surface area (Å²) in [7, 11) is 0. The van der Waals surface area contributed by atoms with Gasteiger partial charge in [-0.1, -0.05) is 11.3 Å². The molecule has 1 N–H and O–H groups in total. The van der Waals surface area contributed by atoms with Crippen molar-refractivity contribution in [1.82, 2.24) is 24.3 Å². The second kappa shape index (κ2) is 7.68. The van der Waals surface area contributed by atoms with E-state index in [1.54, 1.807) is 29.1 Å². The van der Waals surface area contributed by atoms with E-state index < -0.39 is 0 Å². The summed E-state index contributed by atoms with van der Waals surface area (Å²) in [6.45, 7) is 1.69. The largest absolute Gasteiger partial charge is 0.365 e. The van der Waals surface area contributed by atoms with Crippen molar-refractivity contribution in [2.24, 2.45) is 0 Å². The Labute approximate surface area is 175 Å². The number of aromatic nitrogens is 5. The Balaban J connectivity index is 1.35. The molecule has 1 aliphatic rings. The van der Waals surface area contributed by atoms with Gasteiger partial charge in [0.05, 0.1) is 12.4 Å². The Morgan fingerprint density at radius 2 is 2.13 bits per heavy atom. The fourth-order valence-corrected chi connectivity index (χ4v) is 4.37. The molecule has 0 amide bonds. The number of nitriles is 1. The van der Waals surface area contributed by atoms with E-state index in [0.29, 0.717) is 27.9 Å². The van der Waals surface area contributed by atoms with Crippen molar-refractivity contribution in [3.8, 4) is 17.6 Å². The number of nitrogens with zero attached hydrogens (tertiary/aromatic N) is 7. The minimum atomic E-state index is -0.347. The van der Waals surface area contributed by atoms with Crippen LogP contribution in [0.25, 0.3) is 17.2 Å². The second-order valence-corrected chi connectivity index (χ2v) is 8.04. The van der Waals surface area contributed by atoms with Crippen LogP contribution in [-0.2, 0) is 0 Å². The van der Waals surface area contributed by atoms with E-state index >= 15 is 0 Å². The van der Waals surface area contributed by atoms with Crippen molar-refractivity contribution in [2.75, 3.05) is 23.3 Å². The quantitative estimate of drug-likeness (QED) is 0.541. The summed E-state index contributed by atoms with van der Waals surface area (Å²) in [5.41, 5.74) is 1.27. The van der Waals surface area contributed by atoms with Crippen molar-refractivity contribution in [3.05, 3.63) is 53.7 Å². The normalized spacial score (nSPS) is 16.5. The maximum Gasteiger partial charge on any atom is 0.186 e. The number of pyridine rings is 1. The Kier molecular flexibility index (Phi) is 4.72. The number of anilines is 2. The van der Waals surface area contributed by atoms with Crippen LogP contribution in [0.1, 0.15) is 17.7 Å². The van der Waals surface area contributed by atoms with Crippen LogP contribution >= 0.6 is 11.3 Å². The van der Waals surface area contributed by atoms with Gasteiger partial charge >= 0.3 is 0 Å². The minimum absolute atomic E-state index is 0.190. The molecule has 4 aromatic heterocycles. The number of nitrogens with one attached hydrogen (secondary N) is 1. The molecular weight excluding hydrogens is 403 g/mol. The van der Waals surface area contributed by atoms with Crippen molar-refractivity contribution >= 4 is 27.9 Å². The van der Waals surface area contributed by atoms with Gasteiger partial charge in [0.2, 0.25) is 0 Å². The summed E-state index contributed by atoms with van der Waals surface area (Å²) in [5.74, 6) is 0.833. The zero-order chi connectivity index (χ0) is 20.5. The first kappa shape index (κ1) is 18.4. The average Bonchev–Trinajstić information content (AvgIpc) is 3.41. The molecule has 4 aromatic rings. The summed E-state index contributed by atoms with van der Waals surface area (Å²) < 4.78 is 15.3. The first-order chi connectivity index (χ1) is 14.7. The van der Waals surface area contributed by atoms with Crippen LogP contribution in [-0.4, -0.2) is 43.5 Å². The van der Waals surface area contributed by atoms with E-state index in [0.717, 1.165) is 31.1 Å². The van der Waals surface area contributed by atoms with Gasteiger partial charge in [-0.25, -0.2) is 24.3 Å². The highest BCUT2D eigenvalue weighted by atomic mass is 32.1. The van der Waals surface area contributed by atoms with Gasteiger partial charge in [-0.3, -0.25) is 4.40 Å². The predicted octanol–water partition coefficient (Wildman–Crippen LogP) is 3.34. The molecule has 1 fully saturated rings. The van der Waals surface area contributed by atoms with Crippen molar-refractivity contribution in [1.29, 1.82) is 5.26 Å². The van der Waals surface area contributed by atoms with Gasteiger partial charge in [-0.15, -0.1) is 0 Å². The standard InChI is InChI=1S/C20H17FN8S/c21-13-3-4-18-24-10-16(29(18)11-13)19-23-6-5-17(27-19)26-14-2-1-7-28(12-14)20-25-9-15(8-22)30-20/h3-6,9-11,14H,1-2,7,12H2,(H,23,26,27)/t14-/m1/s1. The summed E-state index contributed by atoms with van der Waals surface area (Å²) in [6.07, 6.45) is 8.35. The molecule has 0 saturated carbocycles. The minimum Gasteiger partial charge on any atom is -0.365 e. The summed E-state index contributed by atoms with van der Waals surface area (Å²) in [6, 6.07) is 7.15. The molecule has 0 spiro atoms. The SMILES string of the molecule is N#Cc1cnc(N2CCC[C@@H](Nc3ccnc(-c4cnc5ccc(F)cn45)n3)C2)s1. The molecule has 0 aliphatic carbocycles. The van der Waals surface area contributed by atoms with Crippen LogP contribution in [0, 0.1) is 17.1 Å². The monoisotopic (exact) mass is 420 g/mol. The molecule has 0 aromatic carbocycles. The van der Waals surface area contributed by atoms with Gasteiger partial charge in [0.1, 0.15) is 33.9 Å². The van der Waals surface area contributed by atoms with Crippen LogP contribution in [0.4, 0.5) is 15.3 Å². The smallest absolute Gasteiger partial charge is 0.186 e. The molecule has 0 bridgehead atoms. The van der Waals surface area contributed by atoms with Gasteiger partial charge < -0.3 is 10.2 Å². The summed E-state index contributed by atoms with van der Waals surface area (Å²) >= 11 is 1.41. The number of imidazole rings is 1. The van der Waals surface area contributed by atoms with Gasteiger partial charge in [0.25, 0.3) is 0 Å². The zero-order valence-electron chi connectivity index (χ0n) is 15.9. The first-order valence-corrected chi connectivity index (χ1v) is 10.3. The Bertz CT molecular complexity index is 1240. The van der Waals surface area contributed by atoms with E-state index in [1.807, 2.05) is 6.07 Å². The van der Waals surface area contributed by atoms with Crippen molar-refractivity contribution < 1.29 is 4.39 Å². The number of hydrogen-bond donors (Lipinski definition) is 1. The van der Waals surface area contributed by atoms with Crippen LogP contribution in [0.3, 0.4) is 0 Å². The maximum atomic E-state index is 13.7. The van der Waals surface area contributed by atoms with Crippen molar-refractivity contribution in [3.63, 3.8) is 0 Å². The molecule has 1 saturated heterocycles. The van der Waals surface area contributed by atoms with E-state index in [-0.39, 0.29) is 11.9 Å². The molecular formula is C20H17FN8S. The number of piperidine rings is 1. The molecule has 0 radical (unpaired) electrons. The van der Waals surface area contributed by atoms with Crippen LogP contribution in [0.2, 0.25) is 0 Å². The fourth-order valence-electron chi connectivity index (χ4n) is 3.62. The van der Waals surface area contributed by atoms with Gasteiger partial charge in [0, 0.05) is 31.5 Å². The van der Waals surface area contributed by atoms with Crippen LogP contribution in [0.15, 0.2) is 43.0 Å². The lowest BCUT2D eigenvalue weighted by atomic mass is 10.1. The first-order valence-electron chi connectivity index (χ1n) is 9.53. The maximum absolute atomic E-state index is 13.7. The van der Waals surface area contributed by atoms with Gasteiger partial charge in [0.15, 0.2) is 11.0 Å². The number of rotatable bonds is 4. The molecule has 1 atom stereocenters. The lowest BCUT2D eigenvalue weighted by Crippen LogP contribution is -2.42. The van der Waals surface area contributed by atoms with E-state index in [1.165, 1.54) is 23.6 Å². The van der Waals surface area contributed by atoms with E-state index in [4.69, 9.17) is 5.26 Å².